The summed E-state index contributed by atoms with van der Waals surface area (Å²) in [6, 6.07) is 9.59. The van der Waals surface area contributed by atoms with Crippen LogP contribution in [0.5, 0.6) is 5.75 Å². The van der Waals surface area contributed by atoms with E-state index in [1.54, 1.807) is 6.20 Å². The monoisotopic (exact) mass is 215 g/mol. The van der Waals surface area contributed by atoms with Crippen molar-refractivity contribution in [3.8, 4) is 16.9 Å². The normalized spacial score (nSPS) is 10.1. The lowest BCUT2D eigenvalue weighted by Gasteiger charge is -2.06. The van der Waals surface area contributed by atoms with E-state index in [1.807, 2.05) is 37.3 Å². The lowest BCUT2D eigenvalue weighted by Crippen LogP contribution is -1.96. The maximum absolute atomic E-state index is 5.74. The fourth-order valence-corrected chi connectivity index (χ4v) is 1.48. The minimum Gasteiger partial charge on any atom is -0.494 e. The van der Waals surface area contributed by atoms with E-state index in [9.17, 15) is 0 Å². The number of rotatable bonds is 3. The van der Waals surface area contributed by atoms with E-state index < -0.39 is 0 Å². The number of hydrogen-bond acceptors (Lipinski definition) is 4. The van der Waals surface area contributed by atoms with Crippen LogP contribution >= 0.6 is 0 Å². The molecule has 0 radical (unpaired) electrons. The van der Waals surface area contributed by atoms with Crippen molar-refractivity contribution in [1.82, 2.24) is 10.2 Å². The fourth-order valence-electron chi connectivity index (χ4n) is 1.48. The van der Waals surface area contributed by atoms with Crippen molar-refractivity contribution in [2.45, 2.75) is 6.92 Å². The molecule has 1 heterocycles. The van der Waals surface area contributed by atoms with Gasteiger partial charge >= 0.3 is 0 Å². The van der Waals surface area contributed by atoms with Crippen molar-refractivity contribution in [2.75, 3.05) is 12.3 Å². The van der Waals surface area contributed by atoms with Gasteiger partial charge in [0.1, 0.15) is 5.75 Å². The van der Waals surface area contributed by atoms with Gasteiger partial charge in [-0.2, -0.15) is 5.10 Å². The Balaban J connectivity index is 2.31. The Bertz CT molecular complexity index is 468. The summed E-state index contributed by atoms with van der Waals surface area (Å²) in [6.45, 7) is 2.62. The van der Waals surface area contributed by atoms with Gasteiger partial charge in [0.25, 0.3) is 0 Å². The van der Waals surface area contributed by atoms with E-state index in [4.69, 9.17) is 10.5 Å². The summed E-state index contributed by atoms with van der Waals surface area (Å²) in [6.07, 6.45) is 1.63. The van der Waals surface area contributed by atoms with Gasteiger partial charge in [-0.05, 0) is 30.7 Å². The highest BCUT2D eigenvalue weighted by Gasteiger charge is 2.03. The van der Waals surface area contributed by atoms with Gasteiger partial charge in [-0.3, -0.25) is 0 Å². The molecule has 0 saturated heterocycles. The summed E-state index contributed by atoms with van der Waals surface area (Å²) in [5, 5.41) is 7.53. The van der Waals surface area contributed by atoms with Gasteiger partial charge in [0.2, 0.25) is 0 Å². The molecule has 0 aliphatic carbocycles. The van der Waals surface area contributed by atoms with Crippen molar-refractivity contribution >= 4 is 5.82 Å². The molecular formula is C12H13N3O. The molecule has 4 heteroatoms. The lowest BCUT2D eigenvalue weighted by molar-refractivity contribution is 0.340. The van der Waals surface area contributed by atoms with Crippen molar-refractivity contribution in [3.05, 3.63) is 36.5 Å². The van der Waals surface area contributed by atoms with Crippen molar-refractivity contribution in [2.24, 2.45) is 0 Å². The number of hydrogen-bond donors (Lipinski definition) is 1. The summed E-state index contributed by atoms with van der Waals surface area (Å²) in [4.78, 5) is 0. The lowest BCUT2D eigenvalue weighted by atomic mass is 10.1. The van der Waals surface area contributed by atoms with E-state index >= 15 is 0 Å². The molecule has 0 spiro atoms. The number of nitrogens with two attached hydrogens (primary N) is 1. The molecule has 16 heavy (non-hydrogen) atoms. The number of anilines is 1. The van der Waals surface area contributed by atoms with Crippen LogP contribution in [-0.2, 0) is 0 Å². The minimum absolute atomic E-state index is 0.437. The molecule has 2 aromatic rings. The van der Waals surface area contributed by atoms with Gasteiger partial charge in [-0.1, -0.05) is 12.1 Å². The highest BCUT2D eigenvalue weighted by atomic mass is 16.5. The first-order valence-electron chi connectivity index (χ1n) is 5.11. The topological polar surface area (TPSA) is 61.0 Å². The Kier molecular flexibility index (Phi) is 3.00. The molecular weight excluding hydrogens is 202 g/mol. The Morgan fingerprint density at radius 3 is 2.56 bits per heavy atom. The van der Waals surface area contributed by atoms with Gasteiger partial charge in [-0.25, -0.2) is 0 Å². The molecule has 0 unspecified atom stereocenters. The summed E-state index contributed by atoms with van der Waals surface area (Å²) < 4.78 is 5.37. The minimum atomic E-state index is 0.437. The Hall–Kier alpha value is -2.10. The van der Waals surface area contributed by atoms with Gasteiger partial charge in [0.05, 0.1) is 12.8 Å². The molecule has 2 rings (SSSR count). The number of ether oxygens (including phenoxy) is 1. The molecule has 1 aromatic carbocycles. The first-order valence-corrected chi connectivity index (χ1v) is 5.11. The van der Waals surface area contributed by atoms with Crippen LogP contribution in [0.2, 0.25) is 0 Å². The Morgan fingerprint density at radius 1 is 1.19 bits per heavy atom. The molecule has 0 bridgehead atoms. The molecule has 82 valence electrons. The first-order chi connectivity index (χ1) is 7.81. The number of nitrogens with zero attached hydrogens (tertiary/aromatic N) is 2. The molecule has 0 amide bonds. The highest BCUT2D eigenvalue weighted by molar-refractivity contribution is 5.73. The third kappa shape index (κ3) is 2.11. The van der Waals surface area contributed by atoms with Crippen molar-refractivity contribution in [3.63, 3.8) is 0 Å². The van der Waals surface area contributed by atoms with E-state index in [0.29, 0.717) is 12.4 Å². The van der Waals surface area contributed by atoms with Gasteiger partial charge in [-0.15, -0.1) is 5.10 Å². The van der Waals surface area contributed by atoms with Crippen molar-refractivity contribution < 1.29 is 4.74 Å². The summed E-state index contributed by atoms with van der Waals surface area (Å²) in [5.41, 5.74) is 7.64. The Labute approximate surface area is 94.1 Å². The van der Waals surface area contributed by atoms with Gasteiger partial charge < -0.3 is 10.5 Å². The van der Waals surface area contributed by atoms with E-state index in [2.05, 4.69) is 10.2 Å². The molecule has 0 saturated carbocycles. The van der Waals surface area contributed by atoms with E-state index in [-0.39, 0.29) is 0 Å². The largest absolute Gasteiger partial charge is 0.494 e. The number of nitrogen functional groups attached to an aromatic ring is 1. The van der Waals surface area contributed by atoms with Crippen LogP contribution in [0.25, 0.3) is 11.1 Å². The summed E-state index contributed by atoms with van der Waals surface area (Å²) >= 11 is 0. The van der Waals surface area contributed by atoms with Crippen LogP contribution < -0.4 is 10.5 Å². The van der Waals surface area contributed by atoms with Crippen LogP contribution in [0.1, 0.15) is 6.92 Å². The average molecular weight is 215 g/mol. The smallest absolute Gasteiger partial charge is 0.153 e. The molecule has 1 aromatic heterocycles. The van der Waals surface area contributed by atoms with E-state index in [0.717, 1.165) is 16.9 Å². The second kappa shape index (κ2) is 4.61. The molecule has 0 fully saturated rings. The van der Waals surface area contributed by atoms with Gasteiger partial charge in [0.15, 0.2) is 5.82 Å². The van der Waals surface area contributed by atoms with Crippen LogP contribution in [-0.4, -0.2) is 16.8 Å². The van der Waals surface area contributed by atoms with Crippen molar-refractivity contribution in [1.29, 1.82) is 0 Å². The SMILES string of the molecule is CCOc1ccc(-c2ccnnc2N)cc1. The molecule has 0 aliphatic rings. The number of aromatic nitrogens is 2. The standard InChI is InChI=1S/C12H13N3O/c1-2-16-10-5-3-9(4-6-10)11-7-8-14-15-12(11)13/h3-8H,2H2,1H3,(H2,13,15). The molecule has 2 N–H and O–H groups in total. The zero-order valence-corrected chi connectivity index (χ0v) is 9.05. The molecule has 0 atom stereocenters. The second-order valence-electron chi connectivity index (χ2n) is 3.29. The maximum atomic E-state index is 5.74. The molecule has 0 aliphatic heterocycles. The number of benzene rings is 1. The quantitative estimate of drug-likeness (QED) is 0.851. The van der Waals surface area contributed by atoms with Gasteiger partial charge in [0, 0.05) is 5.56 Å². The predicted molar refractivity (Wildman–Crippen MR) is 63.0 cm³/mol. The second-order valence-corrected chi connectivity index (χ2v) is 3.29. The van der Waals surface area contributed by atoms with E-state index in [1.165, 1.54) is 0 Å². The fraction of sp³-hybridized carbons (Fsp3) is 0.167. The third-order valence-corrected chi connectivity index (χ3v) is 2.23. The average Bonchev–Trinajstić information content (AvgIpc) is 2.31. The Morgan fingerprint density at radius 2 is 1.94 bits per heavy atom. The van der Waals surface area contributed by atoms with Crippen LogP contribution in [0, 0.1) is 0 Å². The third-order valence-electron chi connectivity index (χ3n) is 2.23. The summed E-state index contributed by atoms with van der Waals surface area (Å²) in [7, 11) is 0. The predicted octanol–water partition coefficient (Wildman–Crippen LogP) is 2.12. The van der Waals surface area contributed by atoms with Crippen LogP contribution in [0.15, 0.2) is 36.5 Å². The zero-order valence-electron chi connectivity index (χ0n) is 9.05. The van der Waals surface area contributed by atoms with Crippen LogP contribution in [0.4, 0.5) is 5.82 Å². The molecule has 4 nitrogen and oxygen atoms in total. The highest BCUT2D eigenvalue weighted by Crippen LogP contribution is 2.25. The summed E-state index contributed by atoms with van der Waals surface area (Å²) in [5.74, 6) is 1.29. The first kappa shape index (κ1) is 10.4. The van der Waals surface area contributed by atoms with Crippen LogP contribution in [0.3, 0.4) is 0 Å². The maximum Gasteiger partial charge on any atom is 0.153 e. The zero-order chi connectivity index (χ0) is 11.4.